The highest BCUT2D eigenvalue weighted by atomic mass is 19.1. The second-order valence-corrected chi connectivity index (χ2v) is 4.54. The van der Waals surface area contributed by atoms with E-state index in [1.165, 1.54) is 24.3 Å². The van der Waals surface area contributed by atoms with E-state index in [4.69, 9.17) is 0 Å². The molecule has 2 aromatic rings. The van der Waals surface area contributed by atoms with E-state index in [-0.39, 0.29) is 18.3 Å². The molecule has 108 valence electrons. The maximum atomic E-state index is 13.0. The van der Waals surface area contributed by atoms with Crippen LogP contribution in [0.4, 0.5) is 4.39 Å². The summed E-state index contributed by atoms with van der Waals surface area (Å²) in [6.07, 6.45) is 2.85. The summed E-state index contributed by atoms with van der Waals surface area (Å²) in [5, 5.41) is 12.1. The van der Waals surface area contributed by atoms with Gasteiger partial charge in [-0.2, -0.15) is 0 Å². The second kappa shape index (κ2) is 7.36. The summed E-state index contributed by atoms with van der Waals surface area (Å²) >= 11 is 0. The first-order chi connectivity index (χ1) is 10.2. The fourth-order valence-corrected chi connectivity index (χ4v) is 1.92. The average molecular weight is 285 g/mol. The van der Waals surface area contributed by atoms with E-state index in [0.717, 1.165) is 5.56 Å². The third-order valence-corrected chi connectivity index (χ3v) is 2.98. The Labute approximate surface area is 122 Å². The number of halogens is 1. The van der Waals surface area contributed by atoms with Crippen molar-refractivity contribution in [1.82, 2.24) is 5.32 Å². The van der Waals surface area contributed by atoms with Gasteiger partial charge in [-0.05, 0) is 29.3 Å². The lowest BCUT2D eigenvalue weighted by Gasteiger charge is -2.15. The maximum Gasteiger partial charge on any atom is 0.244 e. The van der Waals surface area contributed by atoms with Crippen molar-refractivity contribution in [3.63, 3.8) is 0 Å². The zero-order valence-electron chi connectivity index (χ0n) is 11.4. The summed E-state index contributed by atoms with van der Waals surface area (Å²) in [6, 6.07) is 14.7. The van der Waals surface area contributed by atoms with Crippen LogP contribution in [0.15, 0.2) is 60.7 Å². The number of nitrogens with one attached hydrogen (secondary N) is 1. The van der Waals surface area contributed by atoms with Crippen molar-refractivity contribution >= 4 is 12.0 Å². The van der Waals surface area contributed by atoms with Gasteiger partial charge in [0.15, 0.2) is 0 Å². The predicted molar refractivity (Wildman–Crippen MR) is 79.8 cm³/mol. The molecule has 0 fully saturated rings. The Morgan fingerprint density at radius 3 is 2.62 bits per heavy atom. The molecular weight excluding hydrogens is 269 g/mol. The van der Waals surface area contributed by atoms with Crippen LogP contribution in [0.5, 0.6) is 0 Å². The van der Waals surface area contributed by atoms with Gasteiger partial charge in [-0.25, -0.2) is 4.39 Å². The van der Waals surface area contributed by atoms with Crippen molar-refractivity contribution in [2.24, 2.45) is 0 Å². The van der Waals surface area contributed by atoms with Crippen LogP contribution >= 0.6 is 0 Å². The first-order valence-corrected chi connectivity index (χ1v) is 6.59. The Bertz CT molecular complexity index is 626. The Morgan fingerprint density at radius 1 is 1.19 bits per heavy atom. The Hall–Kier alpha value is -2.46. The summed E-state index contributed by atoms with van der Waals surface area (Å²) in [6.45, 7) is -0.191. The van der Waals surface area contributed by atoms with Gasteiger partial charge in [-0.15, -0.1) is 0 Å². The van der Waals surface area contributed by atoms with Crippen molar-refractivity contribution < 1.29 is 14.3 Å². The second-order valence-electron chi connectivity index (χ2n) is 4.54. The van der Waals surface area contributed by atoms with Gasteiger partial charge in [0.1, 0.15) is 5.82 Å². The normalized spacial score (nSPS) is 12.3. The molecule has 4 heteroatoms. The van der Waals surface area contributed by atoms with Crippen LogP contribution in [0, 0.1) is 5.82 Å². The predicted octanol–water partition coefficient (Wildman–Crippen LogP) is 2.69. The quantitative estimate of drug-likeness (QED) is 0.830. The molecule has 0 aromatic heterocycles. The van der Waals surface area contributed by atoms with E-state index >= 15 is 0 Å². The summed E-state index contributed by atoms with van der Waals surface area (Å²) in [7, 11) is 0. The first-order valence-electron chi connectivity index (χ1n) is 6.59. The van der Waals surface area contributed by atoms with E-state index in [2.05, 4.69) is 5.32 Å². The van der Waals surface area contributed by atoms with Crippen LogP contribution in [-0.2, 0) is 4.79 Å². The van der Waals surface area contributed by atoms with Crippen LogP contribution in [0.3, 0.4) is 0 Å². The van der Waals surface area contributed by atoms with Gasteiger partial charge >= 0.3 is 0 Å². The summed E-state index contributed by atoms with van der Waals surface area (Å²) in [5.74, 6) is -0.697. The molecule has 1 unspecified atom stereocenters. The molecule has 1 amide bonds. The third kappa shape index (κ3) is 4.54. The van der Waals surface area contributed by atoms with E-state index in [9.17, 15) is 14.3 Å². The first kappa shape index (κ1) is 14.9. The van der Waals surface area contributed by atoms with Gasteiger partial charge < -0.3 is 10.4 Å². The van der Waals surface area contributed by atoms with Gasteiger partial charge in [0.25, 0.3) is 0 Å². The summed E-state index contributed by atoms with van der Waals surface area (Å²) in [4.78, 5) is 11.8. The van der Waals surface area contributed by atoms with Gasteiger partial charge in [-0.1, -0.05) is 42.5 Å². The number of carbonyl (C=O) groups excluding carboxylic acids is 1. The van der Waals surface area contributed by atoms with E-state index in [1.807, 2.05) is 30.3 Å². The monoisotopic (exact) mass is 285 g/mol. The lowest BCUT2D eigenvalue weighted by Crippen LogP contribution is -2.29. The molecule has 0 bridgehead atoms. The van der Waals surface area contributed by atoms with Crippen LogP contribution in [0.25, 0.3) is 6.08 Å². The van der Waals surface area contributed by atoms with E-state index < -0.39 is 6.04 Å². The number of hydrogen-bond acceptors (Lipinski definition) is 2. The van der Waals surface area contributed by atoms with Gasteiger partial charge in [0.2, 0.25) is 5.91 Å². The Kier molecular flexibility index (Phi) is 5.23. The summed E-state index contributed by atoms with van der Waals surface area (Å²) < 4.78 is 13.0. The standard InChI is InChI=1S/C17H16FNO2/c18-15-8-4-5-13(11-15)9-10-17(21)19-16(12-20)14-6-2-1-3-7-14/h1-11,16,20H,12H2,(H,19,21). The van der Waals surface area contributed by atoms with Crippen molar-refractivity contribution in [3.05, 3.63) is 77.6 Å². The van der Waals surface area contributed by atoms with Crippen LogP contribution < -0.4 is 5.32 Å². The number of rotatable bonds is 5. The molecule has 0 aliphatic heterocycles. The third-order valence-electron chi connectivity index (χ3n) is 2.98. The molecule has 3 nitrogen and oxygen atoms in total. The maximum absolute atomic E-state index is 13.0. The van der Waals surface area contributed by atoms with Gasteiger partial charge in [0, 0.05) is 6.08 Å². The minimum Gasteiger partial charge on any atom is -0.394 e. The SMILES string of the molecule is O=C(C=Cc1cccc(F)c1)NC(CO)c1ccccc1. The molecule has 2 N–H and O–H groups in total. The largest absolute Gasteiger partial charge is 0.394 e. The van der Waals surface area contributed by atoms with Gasteiger partial charge in [-0.3, -0.25) is 4.79 Å². The molecule has 0 radical (unpaired) electrons. The number of amides is 1. The van der Waals surface area contributed by atoms with Gasteiger partial charge in [0.05, 0.1) is 12.6 Å². The van der Waals surface area contributed by atoms with Crippen molar-refractivity contribution in [2.45, 2.75) is 6.04 Å². The number of carbonyl (C=O) groups is 1. The zero-order valence-corrected chi connectivity index (χ0v) is 11.4. The topological polar surface area (TPSA) is 49.3 Å². The van der Waals surface area contributed by atoms with Crippen LogP contribution in [-0.4, -0.2) is 17.6 Å². The highest BCUT2D eigenvalue weighted by Gasteiger charge is 2.11. The smallest absolute Gasteiger partial charge is 0.244 e. The number of aliphatic hydroxyl groups excluding tert-OH is 1. The molecule has 0 aliphatic rings. The molecule has 0 spiro atoms. The molecule has 2 aromatic carbocycles. The molecular formula is C17H16FNO2. The Balaban J connectivity index is 2.00. The minimum atomic E-state index is -0.462. The van der Waals surface area contributed by atoms with Crippen LogP contribution in [0.2, 0.25) is 0 Å². The molecule has 0 heterocycles. The minimum absolute atomic E-state index is 0.191. The number of hydrogen-bond donors (Lipinski definition) is 2. The molecule has 21 heavy (non-hydrogen) atoms. The highest BCUT2D eigenvalue weighted by Crippen LogP contribution is 2.11. The van der Waals surface area contributed by atoms with Crippen molar-refractivity contribution in [2.75, 3.05) is 6.61 Å². The Morgan fingerprint density at radius 2 is 1.95 bits per heavy atom. The highest BCUT2D eigenvalue weighted by molar-refractivity contribution is 5.92. The van der Waals surface area contributed by atoms with Crippen molar-refractivity contribution in [3.8, 4) is 0 Å². The summed E-state index contributed by atoms with van der Waals surface area (Å²) in [5.41, 5.74) is 1.43. The van der Waals surface area contributed by atoms with Crippen LogP contribution in [0.1, 0.15) is 17.2 Å². The van der Waals surface area contributed by atoms with E-state index in [1.54, 1.807) is 12.1 Å². The fourth-order valence-electron chi connectivity index (χ4n) is 1.92. The van der Waals surface area contributed by atoms with E-state index in [0.29, 0.717) is 5.56 Å². The zero-order chi connectivity index (χ0) is 15.1. The van der Waals surface area contributed by atoms with Crippen molar-refractivity contribution in [1.29, 1.82) is 0 Å². The molecule has 2 rings (SSSR count). The number of aliphatic hydroxyl groups is 1. The molecule has 0 saturated heterocycles. The molecule has 0 saturated carbocycles. The number of benzene rings is 2. The average Bonchev–Trinajstić information content (AvgIpc) is 2.51. The fraction of sp³-hybridized carbons (Fsp3) is 0.118. The lowest BCUT2D eigenvalue weighted by atomic mass is 10.1. The lowest BCUT2D eigenvalue weighted by molar-refractivity contribution is -0.117. The molecule has 0 aliphatic carbocycles. The molecule has 1 atom stereocenters.